The summed E-state index contributed by atoms with van der Waals surface area (Å²) in [5.74, 6) is 0.934. The van der Waals surface area contributed by atoms with Crippen LogP contribution in [0.4, 0.5) is 0 Å². The van der Waals surface area contributed by atoms with Crippen molar-refractivity contribution in [3.63, 3.8) is 0 Å². The van der Waals surface area contributed by atoms with Crippen molar-refractivity contribution in [1.82, 2.24) is 5.32 Å². The Morgan fingerprint density at radius 1 is 1.16 bits per heavy atom. The van der Waals surface area contributed by atoms with Crippen molar-refractivity contribution in [2.45, 2.75) is 57.2 Å². The van der Waals surface area contributed by atoms with Gasteiger partial charge < -0.3 is 15.2 Å². The van der Waals surface area contributed by atoms with E-state index in [0.29, 0.717) is 12.1 Å². The van der Waals surface area contributed by atoms with Crippen molar-refractivity contribution in [2.24, 2.45) is 0 Å². The number of aliphatic hydroxyl groups is 1. The van der Waals surface area contributed by atoms with Crippen molar-refractivity contribution in [3.8, 4) is 5.75 Å². The molecule has 2 atom stereocenters. The highest BCUT2D eigenvalue weighted by molar-refractivity contribution is 5.45. The summed E-state index contributed by atoms with van der Waals surface area (Å²) in [4.78, 5) is 0. The summed E-state index contributed by atoms with van der Waals surface area (Å²) in [6, 6.07) is 5.14. The molecule has 1 aromatic rings. The number of nitrogens with one attached hydrogen (secondary N) is 1. The second-order valence-electron chi connectivity index (χ2n) is 6.22. The highest BCUT2D eigenvalue weighted by Gasteiger charge is 2.43. The maximum atomic E-state index is 11.1. The van der Waals surface area contributed by atoms with Crippen LogP contribution in [0.5, 0.6) is 5.75 Å². The van der Waals surface area contributed by atoms with Crippen molar-refractivity contribution >= 4 is 0 Å². The largest absolute Gasteiger partial charge is 0.496 e. The predicted molar refractivity (Wildman–Crippen MR) is 75.5 cm³/mol. The monoisotopic (exact) mass is 261 g/mol. The number of ether oxygens (including phenoxy) is 1. The van der Waals surface area contributed by atoms with Crippen LogP contribution in [-0.4, -0.2) is 24.3 Å². The van der Waals surface area contributed by atoms with E-state index in [4.69, 9.17) is 4.74 Å². The van der Waals surface area contributed by atoms with E-state index < -0.39 is 5.60 Å². The SMILES string of the molecule is COc1c(C)cc(C2(O)CC3CCC(C2)N3)cc1C. The summed E-state index contributed by atoms with van der Waals surface area (Å²) in [7, 11) is 1.70. The summed E-state index contributed by atoms with van der Waals surface area (Å²) >= 11 is 0. The van der Waals surface area contributed by atoms with Gasteiger partial charge in [-0.25, -0.2) is 0 Å². The fourth-order valence-corrected chi connectivity index (χ4v) is 3.90. The van der Waals surface area contributed by atoms with E-state index in [1.165, 1.54) is 12.8 Å². The number of rotatable bonds is 2. The van der Waals surface area contributed by atoms with Crippen molar-refractivity contribution < 1.29 is 9.84 Å². The number of hydrogen-bond donors (Lipinski definition) is 2. The molecule has 0 aromatic heterocycles. The van der Waals surface area contributed by atoms with Gasteiger partial charge in [0.15, 0.2) is 0 Å². The van der Waals surface area contributed by atoms with E-state index >= 15 is 0 Å². The molecule has 2 fully saturated rings. The van der Waals surface area contributed by atoms with Gasteiger partial charge in [0.2, 0.25) is 0 Å². The zero-order valence-electron chi connectivity index (χ0n) is 12.0. The van der Waals surface area contributed by atoms with Gasteiger partial charge in [-0.15, -0.1) is 0 Å². The molecule has 0 aliphatic carbocycles. The Labute approximate surface area is 115 Å². The van der Waals surface area contributed by atoms with Crippen LogP contribution in [0.3, 0.4) is 0 Å². The standard InChI is InChI=1S/C16H23NO2/c1-10-6-12(7-11(2)15(10)19-3)16(18)8-13-4-5-14(9-16)17-13/h6-7,13-14,17-18H,4-5,8-9H2,1-3H3. The normalized spacial score (nSPS) is 33.5. The fourth-order valence-electron chi connectivity index (χ4n) is 3.90. The Balaban J connectivity index is 1.97. The topological polar surface area (TPSA) is 41.5 Å². The van der Waals surface area contributed by atoms with Crippen LogP contribution < -0.4 is 10.1 Å². The highest BCUT2D eigenvalue weighted by Crippen LogP contribution is 2.42. The van der Waals surface area contributed by atoms with Gasteiger partial charge in [-0.1, -0.05) is 0 Å². The third-order valence-electron chi connectivity index (χ3n) is 4.70. The van der Waals surface area contributed by atoms with E-state index in [2.05, 4.69) is 17.4 Å². The molecule has 2 aliphatic rings. The highest BCUT2D eigenvalue weighted by atomic mass is 16.5. The molecule has 2 bridgehead atoms. The number of aryl methyl sites for hydroxylation is 2. The van der Waals surface area contributed by atoms with E-state index in [1.54, 1.807) is 7.11 Å². The van der Waals surface area contributed by atoms with Gasteiger partial charge in [0.05, 0.1) is 12.7 Å². The van der Waals surface area contributed by atoms with Crippen LogP contribution in [0.1, 0.15) is 42.4 Å². The molecule has 2 saturated heterocycles. The van der Waals surface area contributed by atoms with Gasteiger partial charge in [-0.2, -0.15) is 0 Å². The Morgan fingerprint density at radius 2 is 1.68 bits per heavy atom. The minimum atomic E-state index is -0.668. The molecule has 3 nitrogen and oxygen atoms in total. The molecule has 0 saturated carbocycles. The number of piperidine rings is 1. The maximum Gasteiger partial charge on any atom is 0.124 e. The Morgan fingerprint density at radius 3 is 2.16 bits per heavy atom. The number of methoxy groups -OCH3 is 1. The van der Waals surface area contributed by atoms with Gasteiger partial charge in [-0.05, 0) is 68.4 Å². The molecule has 2 heterocycles. The smallest absolute Gasteiger partial charge is 0.124 e. The molecule has 19 heavy (non-hydrogen) atoms. The van der Waals surface area contributed by atoms with Gasteiger partial charge in [0.25, 0.3) is 0 Å². The van der Waals surface area contributed by atoms with Crippen LogP contribution in [0.2, 0.25) is 0 Å². The molecule has 0 spiro atoms. The predicted octanol–water partition coefficient (Wildman–Crippen LogP) is 2.41. The number of hydrogen-bond acceptors (Lipinski definition) is 3. The second kappa shape index (κ2) is 4.50. The zero-order chi connectivity index (χ0) is 13.6. The fraction of sp³-hybridized carbons (Fsp3) is 0.625. The molecule has 2 unspecified atom stereocenters. The van der Waals surface area contributed by atoms with Crippen LogP contribution >= 0.6 is 0 Å². The first-order valence-electron chi connectivity index (χ1n) is 7.16. The average Bonchev–Trinajstić information content (AvgIpc) is 2.69. The van der Waals surface area contributed by atoms with Crippen LogP contribution in [0.25, 0.3) is 0 Å². The third-order valence-corrected chi connectivity index (χ3v) is 4.70. The minimum Gasteiger partial charge on any atom is -0.496 e. The Kier molecular flexibility index (Phi) is 3.06. The van der Waals surface area contributed by atoms with E-state index in [0.717, 1.165) is 35.3 Å². The van der Waals surface area contributed by atoms with Crippen molar-refractivity contribution in [3.05, 3.63) is 28.8 Å². The van der Waals surface area contributed by atoms with Gasteiger partial charge >= 0.3 is 0 Å². The van der Waals surface area contributed by atoms with Gasteiger partial charge in [-0.3, -0.25) is 0 Å². The Hall–Kier alpha value is -1.06. The zero-order valence-corrected chi connectivity index (χ0v) is 12.0. The molecule has 3 rings (SSSR count). The molecule has 104 valence electrons. The molecule has 3 heteroatoms. The second-order valence-corrected chi connectivity index (χ2v) is 6.22. The Bertz CT molecular complexity index is 463. The lowest BCUT2D eigenvalue weighted by atomic mass is 9.80. The minimum absolute atomic E-state index is 0.478. The van der Waals surface area contributed by atoms with Crippen molar-refractivity contribution in [2.75, 3.05) is 7.11 Å². The van der Waals surface area contributed by atoms with E-state index in [9.17, 15) is 5.11 Å². The molecular weight excluding hydrogens is 238 g/mol. The number of benzene rings is 1. The lowest BCUT2D eigenvalue weighted by Crippen LogP contribution is -2.46. The number of fused-ring (bicyclic) bond motifs is 2. The summed E-state index contributed by atoms with van der Waals surface area (Å²) in [6.45, 7) is 4.10. The first kappa shape index (κ1) is 12.9. The summed E-state index contributed by atoms with van der Waals surface area (Å²) < 4.78 is 5.41. The summed E-state index contributed by atoms with van der Waals surface area (Å²) in [5.41, 5.74) is 2.61. The summed E-state index contributed by atoms with van der Waals surface area (Å²) in [5, 5.41) is 14.6. The molecule has 1 aromatic carbocycles. The average molecular weight is 261 g/mol. The first-order valence-corrected chi connectivity index (χ1v) is 7.16. The molecule has 2 aliphatic heterocycles. The summed E-state index contributed by atoms with van der Waals surface area (Å²) in [6.07, 6.45) is 4.05. The lowest BCUT2D eigenvalue weighted by Gasteiger charge is -2.38. The molecule has 2 N–H and O–H groups in total. The molecule has 0 radical (unpaired) electrons. The molecule has 0 amide bonds. The van der Waals surface area contributed by atoms with Crippen LogP contribution in [-0.2, 0) is 5.60 Å². The first-order chi connectivity index (χ1) is 9.01. The quantitative estimate of drug-likeness (QED) is 0.859. The van der Waals surface area contributed by atoms with E-state index in [1.807, 2.05) is 13.8 Å². The van der Waals surface area contributed by atoms with Crippen LogP contribution in [0, 0.1) is 13.8 Å². The van der Waals surface area contributed by atoms with E-state index in [-0.39, 0.29) is 0 Å². The van der Waals surface area contributed by atoms with Gasteiger partial charge in [0, 0.05) is 12.1 Å². The van der Waals surface area contributed by atoms with Crippen molar-refractivity contribution in [1.29, 1.82) is 0 Å². The maximum absolute atomic E-state index is 11.1. The third kappa shape index (κ3) is 2.15. The van der Waals surface area contributed by atoms with Gasteiger partial charge in [0.1, 0.15) is 5.75 Å². The lowest BCUT2D eigenvalue weighted by molar-refractivity contribution is -0.0115. The van der Waals surface area contributed by atoms with Crippen LogP contribution in [0.15, 0.2) is 12.1 Å². The molecular formula is C16H23NO2.